The van der Waals surface area contributed by atoms with E-state index >= 15 is 0 Å². The van der Waals surface area contributed by atoms with Crippen LogP contribution in [0.15, 0.2) is 48.5 Å². The molecule has 6 nitrogen and oxygen atoms in total. The second-order valence-electron chi connectivity index (χ2n) is 6.70. The molecule has 1 aliphatic heterocycles. The van der Waals surface area contributed by atoms with Crippen LogP contribution in [-0.4, -0.2) is 38.6 Å². The Labute approximate surface area is 165 Å². The van der Waals surface area contributed by atoms with Crippen molar-refractivity contribution in [3.63, 3.8) is 0 Å². The van der Waals surface area contributed by atoms with Crippen LogP contribution in [0.2, 0.25) is 0 Å². The van der Waals surface area contributed by atoms with Gasteiger partial charge in [-0.05, 0) is 43.2 Å². The highest BCUT2D eigenvalue weighted by atomic mass is 16.5. The van der Waals surface area contributed by atoms with Crippen molar-refractivity contribution in [1.29, 1.82) is 0 Å². The van der Waals surface area contributed by atoms with Gasteiger partial charge in [-0.15, -0.1) is 0 Å². The van der Waals surface area contributed by atoms with E-state index in [1.165, 1.54) is 0 Å². The molecule has 28 heavy (non-hydrogen) atoms. The highest BCUT2D eigenvalue weighted by molar-refractivity contribution is 6.01. The van der Waals surface area contributed by atoms with Crippen LogP contribution in [0.3, 0.4) is 0 Å². The molecule has 0 radical (unpaired) electrons. The number of nitrogens with zero attached hydrogens (tertiary/aromatic N) is 1. The molecule has 1 heterocycles. The summed E-state index contributed by atoms with van der Waals surface area (Å²) in [7, 11) is 1.63. The van der Waals surface area contributed by atoms with E-state index in [1.807, 2.05) is 55.5 Å². The predicted molar refractivity (Wildman–Crippen MR) is 108 cm³/mol. The number of methoxy groups -OCH3 is 1. The van der Waals surface area contributed by atoms with Crippen LogP contribution in [0.1, 0.15) is 18.9 Å². The van der Waals surface area contributed by atoms with Crippen LogP contribution in [0.4, 0.5) is 5.69 Å². The van der Waals surface area contributed by atoms with Gasteiger partial charge in [0.15, 0.2) is 0 Å². The summed E-state index contributed by atoms with van der Waals surface area (Å²) in [6.45, 7) is 3.33. The van der Waals surface area contributed by atoms with Crippen molar-refractivity contribution in [2.75, 3.05) is 31.7 Å². The largest absolute Gasteiger partial charge is 0.497 e. The molecule has 1 atom stereocenters. The number of amides is 2. The Balaban J connectivity index is 1.55. The van der Waals surface area contributed by atoms with E-state index in [2.05, 4.69) is 5.32 Å². The quantitative estimate of drug-likeness (QED) is 0.762. The van der Waals surface area contributed by atoms with Gasteiger partial charge in [-0.1, -0.05) is 24.3 Å². The molecular formula is C22H26N2O4. The van der Waals surface area contributed by atoms with E-state index in [0.29, 0.717) is 25.4 Å². The van der Waals surface area contributed by atoms with Crippen molar-refractivity contribution in [3.8, 4) is 11.5 Å². The van der Waals surface area contributed by atoms with Gasteiger partial charge in [0.2, 0.25) is 11.8 Å². The summed E-state index contributed by atoms with van der Waals surface area (Å²) in [6, 6.07) is 15.2. The van der Waals surface area contributed by atoms with Crippen LogP contribution >= 0.6 is 0 Å². The summed E-state index contributed by atoms with van der Waals surface area (Å²) in [4.78, 5) is 26.7. The topological polar surface area (TPSA) is 67.9 Å². The third kappa shape index (κ3) is 4.63. The summed E-state index contributed by atoms with van der Waals surface area (Å²) in [5, 5.41) is 2.95. The molecule has 1 aliphatic rings. The molecule has 0 saturated carbocycles. The molecular weight excluding hydrogens is 356 g/mol. The molecule has 6 heteroatoms. The minimum absolute atomic E-state index is 0.0533. The first kappa shape index (κ1) is 19.7. The number of nitrogens with one attached hydrogen (secondary N) is 1. The minimum Gasteiger partial charge on any atom is -0.497 e. The van der Waals surface area contributed by atoms with E-state index in [0.717, 1.165) is 23.4 Å². The maximum atomic E-state index is 12.5. The van der Waals surface area contributed by atoms with Crippen molar-refractivity contribution in [1.82, 2.24) is 5.32 Å². The summed E-state index contributed by atoms with van der Waals surface area (Å²) < 4.78 is 10.8. The van der Waals surface area contributed by atoms with Gasteiger partial charge in [-0.2, -0.15) is 0 Å². The molecule has 1 N–H and O–H groups in total. The van der Waals surface area contributed by atoms with Gasteiger partial charge in [0.05, 0.1) is 25.3 Å². The summed E-state index contributed by atoms with van der Waals surface area (Å²) in [5.74, 6) is 0.988. The standard InChI is InChI=1S/C22H26N2O4/c1-3-28-20-7-5-4-6-19(20)24-15-17(14-21(24)25)22(26)23-13-12-16-8-10-18(27-2)11-9-16/h4-11,17H,3,12-15H2,1-2H3,(H,23,26). The Bertz CT molecular complexity index is 820. The fraction of sp³-hybridized carbons (Fsp3) is 0.364. The van der Waals surface area contributed by atoms with E-state index in [4.69, 9.17) is 9.47 Å². The number of para-hydroxylation sites is 2. The zero-order chi connectivity index (χ0) is 19.9. The molecule has 0 spiro atoms. The molecule has 2 amide bonds. The Kier molecular flexibility index (Phi) is 6.53. The fourth-order valence-electron chi connectivity index (χ4n) is 3.34. The minimum atomic E-state index is -0.349. The molecule has 1 saturated heterocycles. The molecule has 3 rings (SSSR count). The summed E-state index contributed by atoms with van der Waals surface area (Å²) >= 11 is 0. The van der Waals surface area contributed by atoms with E-state index in [1.54, 1.807) is 12.0 Å². The second kappa shape index (κ2) is 9.26. The smallest absolute Gasteiger partial charge is 0.227 e. The molecule has 2 aromatic rings. The average molecular weight is 382 g/mol. The fourth-order valence-corrected chi connectivity index (χ4v) is 3.34. The van der Waals surface area contributed by atoms with Crippen LogP contribution < -0.4 is 19.7 Å². The summed E-state index contributed by atoms with van der Waals surface area (Å²) in [5.41, 5.74) is 1.85. The molecule has 0 bridgehead atoms. The first-order chi connectivity index (χ1) is 13.6. The Morgan fingerprint density at radius 2 is 1.93 bits per heavy atom. The predicted octanol–water partition coefficient (Wildman–Crippen LogP) is 2.81. The van der Waals surface area contributed by atoms with E-state index in [9.17, 15) is 9.59 Å². The molecule has 1 unspecified atom stereocenters. The normalized spacial score (nSPS) is 16.1. The van der Waals surface area contributed by atoms with Gasteiger partial charge >= 0.3 is 0 Å². The number of carbonyl (C=O) groups excluding carboxylic acids is 2. The van der Waals surface area contributed by atoms with Gasteiger partial charge in [0.25, 0.3) is 0 Å². The third-order valence-corrected chi connectivity index (χ3v) is 4.82. The molecule has 148 valence electrons. The third-order valence-electron chi connectivity index (χ3n) is 4.82. The Morgan fingerprint density at radius 3 is 2.64 bits per heavy atom. The number of hydrogen-bond acceptors (Lipinski definition) is 4. The number of ether oxygens (including phenoxy) is 2. The van der Waals surface area contributed by atoms with Gasteiger partial charge in [0, 0.05) is 19.5 Å². The van der Waals surface area contributed by atoms with E-state index < -0.39 is 0 Å². The maximum absolute atomic E-state index is 12.5. The number of benzene rings is 2. The van der Waals surface area contributed by atoms with Crippen LogP contribution in [0, 0.1) is 5.92 Å². The lowest BCUT2D eigenvalue weighted by atomic mass is 10.1. The lowest BCUT2D eigenvalue weighted by Gasteiger charge is -2.20. The highest BCUT2D eigenvalue weighted by Gasteiger charge is 2.36. The maximum Gasteiger partial charge on any atom is 0.227 e. The zero-order valence-corrected chi connectivity index (χ0v) is 16.3. The van der Waals surface area contributed by atoms with E-state index in [-0.39, 0.29) is 24.2 Å². The monoisotopic (exact) mass is 382 g/mol. The van der Waals surface area contributed by atoms with Gasteiger partial charge in [-0.3, -0.25) is 9.59 Å². The van der Waals surface area contributed by atoms with Gasteiger partial charge in [0.1, 0.15) is 11.5 Å². The first-order valence-electron chi connectivity index (χ1n) is 9.55. The number of rotatable bonds is 8. The zero-order valence-electron chi connectivity index (χ0n) is 16.3. The SMILES string of the molecule is CCOc1ccccc1N1CC(C(=O)NCCc2ccc(OC)cc2)CC1=O. The van der Waals surface area contributed by atoms with Crippen LogP contribution in [-0.2, 0) is 16.0 Å². The van der Waals surface area contributed by atoms with Gasteiger partial charge < -0.3 is 19.7 Å². The first-order valence-corrected chi connectivity index (χ1v) is 9.55. The van der Waals surface area contributed by atoms with Crippen molar-refractivity contribution in [2.45, 2.75) is 19.8 Å². The van der Waals surface area contributed by atoms with Crippen molar-refractivity contribution in [2.24, 2.45) is 5.92 Å². The van der Waals surface area contributed by atoms with Crippen molar-refractivity contribution in [3.05, 3.63) is 54.1 Å². The Morgan fingerprint density at radius 1 is 1.18 bits per heavy atom. The molecule has 1 fully saturated rings. The second-order valence-corrected chi connectivity index (χ2v) is 6.70. The number of carbonyl (C=O) groups is 2. The lowest BCUT2D eigenvalue weighted by Crippen LogP contribution is -2.34. The molecule has 0 aliphatic carbocycles. The molecule has 2 aromatic carbocycles. The van der Waals surface area contributed by atoms with Crippen LogP contribution in [0.25, 0.3) is 0 Å². The van der Waals surface area contributed by atoms with Crippen molar-refractivity contribution < 1.29 is 19.1 Å². The number of anilines is 1. The van der Waals surface area contributed by atoms with Gasteiger partial charge in [-0.25, -0.2) is 0 Å². The highest BCUT2D eigenvalue weighted by Crippen LogP contribution is 2.33. The van der Waals surface area contributed by atoms with Crippen molar-refractivity contribution >= 4 is 17.5 Å². The molecule has 0 aromatic heterocycles. The summed E-state index contributed by atoms with van der Waals surface area (Å²) in [6.07, 6.45) is 0.947. The number of hydrogen-bond donors (Lipinski definition) is 1. The Hall–Kier alpha value is -3.02. The average Bonchev–Trinajstić information content (AvgIpc) is 3.11. The lowest BCUT2D eigenvalue weighted by molar-refractivity contribution is -0.126. The van der Waals surface area contributed by atoms with Crippen LogP contribution in [0.5, 0.6) is 11.5 Å².